The normalized spacial score (nSPS) is 14.7. The number of sulfonamides is 1. The molecule has 0 spiro atoms. The summed E-state index contributed by atoms with van der Waals surface area (Å²) in [6, 6.07) is 7.75. The monoisotopic (exact) mass is 243 g/mol. The predicted molar refractivity (Wildman–Crippen MR) is 60.6 cm³/mol. The van der Waals surface area contributed by atoms with E-state index in [1.165, 1.54) is 0 Å². The summed E-state index contributed by atoms with van der Waals surface area (Å²) in [7, 11) is -3.45. The second kappa shape index (κ2) is 4.95. The zero-order valence-corrected chi connectivity index (χ0v) is 9.48. The van der Waals surface area contributed by atoms with Crippen molar-refractivity contribution in [2.24, 2.45) is 10.9 Å². The van der Waals surface area contributed by atoms with E-state index in [2.05, 4.69) is 9.88 Å². The molecular weight excluding hydrogens is 230 g/mol. The molecule has 1 rings (SSSR count). The van der Waals surface area contributed by atoms with Crippen LogP contribution in [0, 0.1) is 0 Å². The maximum atomic E-state index is 11.1. The number of benzene rings is 1. The highest BCUT2D eigenvalue weighted by Crippen LogP contribution is 2.13. The number of oxime groups is 1. The standard InChI is InChI=1S/C9H13N3O3S/c1-16(14,15)12-8(9(10)11-13)7-5-3-2-4-6-7/h2-6,8,12-13H,1H3,(H2,10,11). The highest BCUT2D eigenvalue weighted by molar-refractivity contribution is 7.88. The van der Waals surface area contributed by atoms with E-state index in [9.17, 15) is 8.42 Å². The third-order valence-corrected chi connectivity index (χ3v) is 2.54. The molecule has 0 aliphatic heterocycles. The Labute approximate surface area is 93.8 Å². The molecule has 1 aromatic rings. The number of nitrogens with zero attached hydrogens (tertiary/aromatic N) is 1. The topological polar surface area (TPSA) is 105 Å². The second-order valence-corrected chi connectivity index (χ2v) is 5.04. The molecule has 16 heavy (non-hydrogen) atoms. The van der Waals surface area contributed by atoms with E-state index in [0.29, 0.717) is 5.56 Å². The van der Waals surface area contributed by atoms with Crippen molar-refractivity contribution in [2.75, 3.05) is 6.26 Å². The van der Waals surface area contributed by atoms with Crippen LogP contribution in [0.3, 0.4) is 0 Å². The van der Waals surface area contributed by atoms with Gasteiger partial charge in [0, 0.05) is 0 Å². The van der Waals surface area contributed by atoms with Gasteiger partial charge in [-0.05, 0) is 5.56 Å². The Kier molecular flexibility index (Phi) is 3.86. The molecule has 0 aliphatic carbocycles. The number of hydrogen-bond donors (Lipinski definition) is 3. The Hall–Kier alpha value is -1.60. The van der Waals surface area contributed by atoms with Crippen LogP contribution in [-0.4, -0.2) is 25.7 Å². The molecule has 0 saturated carbocycles. The molecule has 0 amide bonds. The Balaban J connectivity index is 3.07. The van der Waals surface area contributed by atoms with Gasteiger partial charge in [-0.3, -0.25) is 0 Å². The van der Waals surface area contributed by atoms with E-state index in [-0.39, 0.29) is 5.84 Å². The fraction of sp³-hybridized carbons (Fsp3) is 0.222. The van der Waals surface area contributed by atoms with Gasteiger partial charge in [0.2, 0.25) is 10.0 Å². The maximum absolute atomic E-state index is 11.1. The van der Waals surface area contributed by atoms with Crippen LogP contribution in [0.4, 0.5) is 0 Å². The average Bonchev–Trinajstić information content (AvgIpc) is 2.25. The average molecular weight is 243 g/mol. The zero-order valence-electron chi connectivity index (χ0n) is 8.66. The molecular formula is C9H13N3O3S. The van der Waals surface area contributed by atoms with E-state index in [4.69, 9.17) is 10.9 Å². The molecule has 0 radical (unpaired) electrons. The molecule has 0 bridgehead atoms. The smallest absolute Gasteiger partial charge is 0.209 e. The highest BCUT2D eigenvalue weighted by Gasteiger charge is 2.20. The molecule has 1 unspecified atom stereocenters. The first-order valence-electron chi connectivity index (χ1n) is 4.43. The van der Waals surface area contributed by atoms with Gasteiger partial charge < -0.3 is 10.9 Å². The lowest BCUT2D eigenvalue weighted by Gasteiger charge is -2.16. The second-order valence-electron chi connectivity index (χ2n) is 3.26. The van der Waals surface area contributed by atoms with E-state index < -0.39 is 16.1 Å². The van der Waals surface area contributed by atoms with Crippen molar-refractivity contribution < 1.29 is 13.6 Å². The lowest BCUT2D eigenvalue weighted by atomic mass is 10.1. The Morgan fingerprint density at radius 1 is 1.44 bits per heavy atom. The van der Waals surface area contributed by atoms with Gasteiger partial charge in [0.15, 0.2) is 5.84 Å². The van der Waals surface area contributed by atoms with E-state index in [0.717, 1.165) is 6.26 Å². The summed E-state index contributed by atoms with van der Waals surface area (Å²) in [6.45, 7) is 0. The first-order chi connectivity index (χ1) is 7.44. The first kappa shape index (κ1) is 12.5. The predicted octanol–water partition coefficient (Wildman–Crippen LogP) is 0.0233. The molecule has 1 aromatic carbocycles. The molecule has 6 nitrogen and oxygen atoms in total. The molecule has 0 aromatic heterocycles. The molecule has 0 fully saturated rings. The molecule has 0 heterocycles. The van der Waals surface area contributed by atoms with Crippen LogP contribution < -0.4 is 10.5 Å². The zero-order chi connectivity index (χ0) is 12.2. The van der Waals surface area contributed by atoms with Crippen LogP contribution in [0.15, 0.2) is 35.5 Å². The van der Waals surface area contributed by atoms with Crippen molar-refractivity contribution >= 4 is 15.9 Å². The molecule has 0 aliphatic rings. The van der Waals surface area contributed by atoms with Crippen LogP contribution in [0.25, 0.3) is 0 Å². The number of rotatable bonds is 4. The van der Waals surface area contributed by atoms with Gasteiger partial charge in [-0.1, -0.05) is 35.5 Å². The van der Waals surface area contributed by atoms with Crippen molar-refractivity contribution in [3.63, 3.8) is 0 Å². The summed E-state index contributed by atoms with van der Waals surface area (Å²) in [6.07, 6.45) is 1.01. The van der Waals surface area contributed by atoms with Gasteiger partial charge in [-0.25, -0.2) is 13.1 Å². The minimum absolute atomic E-state index is 0.211. The van der Waals surface area contributed by atoms with Crippen LogP contribution in [0.2, 0.25) is 0 Å². The summed E-state index contributed by atoms with van der Waals surface area (Å²) in [5.74, 6) is -0.211. The van der Waals surface area contributed by atoms with Gasteiger partial charge >= 0.3 is 0 Å². The Morgan fingerprint density at radius 3 is 2.44 bits per heavy atom. The molecule has 1 atom stereocenters. The number of hydrogen-bond acceptors (Lipinski definition) is 4. The summed E-state index contributed by atoms with van der Waals surface area (Å²) < 4.78 is 24.5. The van der Waals surface area contributed by atoms with E-state index >= 15 is 0 Å². The number of nitrogens with two attached hydrogens (primary N) is 1. The van der Waals surface area contributed by atoms with Gasteiger partial charge in [0.05, 0.1) is 6.26 Å². The highest BCUT2D eigenvalue weighted by atomic mass is 32.2. The van der Waals surface area contributed by atoms with E-state index in [1.807, 2.05) is 0 Å². The summed E-state index contributed by atoms with van der Waals surface area (Å²) >= 11 is 0. The molecule has 88 valence electrons. The van der Waals surface area contributed by atoms with Crippen molar-refractivity contribution in [2.45, 2.75) is 6.04 Å². The maximum Gasteiger partial charge on any atom is 0.209 e. The minimum Gasteiger partial charge on any atom is -0.409 e. The largest absolute Gasteiger partial charge is 0.409 e. The number of amidine groups is 1. The van der Waals surface area contributed by atoms with Crippen LogP contribution in [-0.2, 0) is 10.0 Å². The minimum atomic E-state index is -3.45. The summed E-state index contributed by atoms with van der Waals surface area (Å²) in [5, 5.41) is 11.4. The lowest BCUT2D eigenvalue weighted by Crippen LogP contribution is -2.37. The molecule has 0 saturated heterocycles. The lowest BCUT2D eigenvalue weighted by molar-refractivity contribution is 0.315. The first-order valence-corrected chi connectivity index (χ1v) is 6.33. The van der Waals surface area contributed by atoms with Gasteiger partial charge in [0.25, 0.3) is 0 Å². The van der Waals surface area contributed by atoms with Crippen molar-refractivity contribution in [1.82, 2.24) is 4.72 Å². The van der Waals surface area contributed by atoms with Crippen molar-refractivity contribution in [3.05, 3.63) is 35.9 Å². The van der Waals surface area contributed by atoms with Crippen LogP contribution >= 0.6 is 0 Å². The van der Waals surface area contributed by atoms with Gasteiger partial charge in [-0.15, -0.1) is 0 Å². The van der Waals surface area contributed by atoms with Gasteiger partial charge in [0.1, 0.15) is 6.04 Å². The van der Waals surface area contributed by atoms with Crippen LogP contribution in [0.1, 0.15) is 11.6 Å². The van der Waals surface area contributed by atoms with E-state index in [1.54, 1.807) is 30.3 Å². The van der Waals surface area contributed by atoms with Crippen molar-refractivity contribution in [3.8, 4) is 0 Å². The fourth-order valence-corrected chi connectivity index (χ4v) is 1.90. The Bertz CT molecular complexity index is 470. The Morgan fingerprint density at radius 2 is 2.00 bits per heavy atom. The van der Waals surface area contributed by atoms with Crippen LogP contribution in [0.5, 0.6) is 0 Å². The molecule has 7 heteroatoms. The van der Waals surface area contributed by atoms with Gasteiger partial charge in [-0.2, -0.15) is 0 Å². The SMILES string of the molecule is CS(=O)(=O)NC(/C(N)=N/O)c1ccccc1. The third-order valence-electron chi connectivity index (χ3n) is 1.88. The quantitative estimate of drug-likeness (QED) is 0.300. The summed E-state index contributed by atoms with van der Waals surface area (Å²) in [4.78, 5) is 0. The molecule has 4 N–H and O–H groups in total. The van der Waals surface area contributed by atoms with Crippen molar-refractivity contribution in [1.29, 1.82) is 0 Å². The number of nitrogens with one attached hydrogen (secondary N) is 1. The third kappa shape index (κ3) is 3.52. The summed E-state index contributed by atoms with van der Waals surface area (Å²) in [5.41, 5.74) is 6.03. The fourth-order valence-electron chi connectivity index (χ4n) is 1.22.